The van der Waals surface area contributed by atoms with Crippen LogP contribution >= 0.6 is 0 Å². The first-order valence-electron chi connectivity index (χ1n) is 6.65. The number of rotatable bonds is 3. The van der Waals surface area contributed by atoms with Crippen molar-refractivity contribution in [3.05, 3.63) is 0 Å². The summed E-state index contributed by atoms with van der Waals surface area (Å²) in [5.74, 6) is 0. The molecule has 0 spiro atoms. The van der Waals surface area contributed by atoms with Crippen LogP contribution in [-0.4, -0.2) is 30.3 Å². The monoisotopic (exact) mass is 242 g/mol. The summed E-state index contributed by atoms with van der Waals surface area (Å²) >= 11 is 0. The molecule has 0 saturated heterocycles. The van der Waals surface area contributed by atoms with Gasteiger partial charge in [-0.15, -0.1) is 0 Å². The van der Waals surface area contributed by atoms with Gasteiger partial charge in [0.25, 0.3) is 0 Å². The Balaban J connectivity index is 2.44. The van der Waals surface area contributed by atoms with Gasteiger partial charge in [-0.3, -0.25) is 0 Å². The van der Waals surface area contributed by atoms with Gasteiger partial charge in [-0.05, 0) is 40.2 Å². The number of ether oxygens (including phenoxy) is 1. The predicted octanol–water partition coefficient (Wildman–Crippen LogP) is 2.43. The highest BCUT2D eigenvalue weighted by Gasteiger charge is 2.27. The molecule has 0 aromatic heterocycles. The molecular formula is C13H26N2O2. The Hall–Kier alpha value is -0.770. The Morgan fingerprint density at radius 2 is 1.82 bits per heavy atom. The van der Waals surface area contributed by atoms with Gasteiger partial charge in [0.05, 0.1) is 0 Å². The number of nitrogens with one attached hydrogen (secondary N) is 2. The van der Waals surface area contributed by atoms with Crippen molar-refractivity contribution in [3.8, 4) is 0 Å². The van der Waals surface area contributed by atoms with E-state index in [1.165, 1.54) is 12.8 Å². The smallest absolute Gasteiger partial charge is 0.407 e. The molecule has 1 amide bonds. The van der Waals surface area contributed by atoms with Gasteiger partial charge in [-0.25, -0.2) is 4.79 Å². The van der Waals surface area contributed by atoms with Crippen LogP contribution in [0.15, 0.2) is 0 Å². The molecule has 1 aliphatic carbocycles. The lowest BCUT2D eigenvalue weighted by molar-refractivity contribution is 0.0480. The number of carbonyl (C=O) groups is 1. The lowest BCUT2D eigenvalue weighted by atomic mass is 9.90. The van der Waals surface area contributed by atoms with Gasteiger partial charge in [0.15, 0.2) is 0 Å². The SMILES string of the molecule is CCN[C@@H]1CCCC[C@@H]1NC(=O)OC(C)(C)C. The number of amides is 1. The summed E-state index contributed by atoms with van der Waals surface area (Å²) in [5.41, 5.74) is -0.424. The summed E-state index contributed by atoms with van der Waals surface area (Å²) in [5, 5.41) is 6.42. The van der Waals surface area contributed by atoms with E-state index in [9.17, 15) is 4.79 Å². The number of likely N-dealkylation sites (N-methyl/N-ethyl adjacent to an activating group) is 1. The van der Waals surface area contributed by atoms with Crippen molar-refractivity contribution in [3.63, 3.8) is 0 Å². The van der Waals surface area contributed by atoms with Crippen LogP contribution in [0.3, 0.4) is 0 Å². The molecule has 0 heterocycles. The molecule has 17 heavy (non-hydrogen) atoms. The molecule has 0 aromatic carbocycles. The highest BCUT2D eigenvalue weighted by Crippen LogP contribution is 2.19. The molecule has 100 valence electrons. The Bertz CT molecular complexity index is 246. The van der Waals surface area contributed by atoms with E-state index in [0.29, 0.717) is 6.04 Å². The minimum Gasteiger partial charge on any atom is -0.444 e. The highest BCUT2D eigenvalue weighted by atomic mass is 16.6. The predicted molar refractivity (Wildman–Crippen MR) is 69.1 cm³/mol. The molecule has 0 aromatic rings. The summed E-state index contributed by atoms with van der Waals surface area (Å²) < 4.78 is 5.29. The zero-order chi connectivity index (χ0) is 12.9. The van der Waals surface area contributed by atoms with E-state index < -0.39 is 5.60 Å². The minimum absolute atomic E-state index is 0.207. The zero-order valence-corrected chi connectivity index (χ0v) is 11.5. The fraction of sp³-hybridized carbons (Fsp3) is 0.923. The Kier molecular flexibility index (Phi) is 5.25. The van der Waals surface area contributed by atoms with Crippen molar-refractivity contribution >= 4 is 6.09 Å². The Labute approximate surface area is 104 Å². The standard InChI is InChI=1S/C13H26N2O2/c1-5-14-10-8-6-7-9-11(10)15-12(16)17-13(2,3)4/h10-11,14H,5-9H2,1-4H3,(H,15,16)/t10-,11+/m1/s1. The quantitative estimate of drug-likeness (QED) is 0.799. The molecular weight excluding hydrogens is 216 g/mol. The lowest BCUT2D eigenvalue weighted by Gasteiger charge is -2.33. The van der Waals surface area contributed by atoms with E-state index in [-0.39, 0.29) is 12.1 Å². The van der Waals surface area contributed by atoms with Gasteiger partial charge < -0.3 is 15.4 Å². The molecule has 1 aliphatic rings. The number of carbonyl (C=O) groups excluding carboxylic acids is 1. The molecule has 0 unspecified atom stereocenters. The molecule has 2 atom stereocenters. The molecule has 2 N–H and O–H groups in total. The fourth-order valence-corrected chi connectivity index (χ4v) is 2.27. The normalized spacial score (nSPS) is 25.4. The van der Waals surface area contributed by atoms with Crippen LogP contribution in [0.2, 0.25) is 0 Å². The topological polar surface area (TPSA) is 50.4 Å². The van der Waals surface area contributed by atoms with E-state index in [2.05, 4.69) is 17.6 Å². The third-order valence-electron chi connectivity index (χ3n) is 2.93. The van der Waals surface area contributed by atoms with E-state index in [0.717, 1.165) is 19.4 Å². The Morgan fingerprint density at radius 1 is 1.24 bits per heavy atom. The molecule has 0 radical (unpaired) electrons. The summed E-state index contributed by atoms with van der Waals surface area (Å²) in [7, 11) is 0. The summed E-state index contributed by atoms with van der Waals surface area (Å²) in [6.45, 7) is 8.69. The van der Waals surface area contributed by atoms with Crippen LogP contribution in [-0.2, 0) is 4.74 Å². The van der Waals surface area contributed by atoms with E-state index >= 15 is 0 Å². The third kappa shape index (κ3) is 5.39. The largest absolute Gasteiger partial charge is 0.444 e. The maximum absolute atomic E-state index is 11.7. The van der Waals surface area contributed by atoms with Gasteiger partial charge in [-0.2, -0.15) is 0 Å². The summed E-state index contributed by atoms with van der Waals surface area (Å²) in [4.78, 5) is 11.7. The molecule has 0 bridgehead atoms. The first-order valence-corrected chi connectivity index (χ1v) is 6.65. The van der Waals surface area contributed by atoms with Crippen molar-refractivity contribution in [1.29, 1.82) is 0 Å². The minimum atomic E-state index is -0.424. The number of hydrogen-bond donors (Lipinski definition) is 2. The maximum atomic E-state index is 11.7. The number of hydrogen-bond acceptors (Lipinski definition) is 3. The molecule has 4 nitrogen and oxygen atoms in total. The molecule has 0 aliphatic heterocycles. The van der Waals surface area contributed by atoms with Crippen LogP contribution in [0.4, 0.5) is 4.79 Å². The van der Waals surface area contributed by atoms with Crippen molar-refractivity contribution in [2.45, 2.75) is 71.1 Å². The van der Waals surface area contributed by atoms with Gasteiger partial charge in [0.2, 0.25) is 0 Å². The van der Waals surface area contributed by atoms with E-state index in [1.807, 2.05) is 20.8 Å². The van der Waals surface area contributed by atoms with Crippen LogP contribution in [0.1, 0.15) is 53.4 Å². The second kappa shape index (κ2) is 6.24. The van der Waals surface area contributed by atoms with Crippen LogP contribution in [0.5, 0.6) is 0 Å². The van der Waals surface area contributed by atoms with Gasteiger partial charge >= 0.3 is 6.09 Å². The second-order valence-electron chi connectivity index (χ2n) is 5.70. The molecule has 4 heteroatoms. The summed E-state index contributed by atoms with van der Waals surface area (Å²) in [6.07, 6.45) is 4.30. The van der Waals surface area contributed by atoms with Crippen molar-refractivity contribution in [2.75, 3.05) is 6.54 Å². The third-order valence-corrected chi connectivity index (χ3v) is 2.93. The maximum Gasteiger partial charge on any atom is 0.407 e. The first-order chi connectivity index (χ1) is 7.92. The van der Waals surface area contributed by atoms with Crippen molar-refractivity contribution < 1.29 is 9.53 Å². The van der Waals surface area contributed by atoms with E-state index in [4.69, 9.17) is 4.74 Å². The van der Waals surface area contributed by atoms with Gasteiger partial charge in [0.1, 0.15) is 5.60 Å². The van der Waals surface area contributed by atoms with Crippen molar-refractivity contribution in [1.82, 2.24) is 10.6 Å². The Morgan fingerprint density at radius 3 is 2.35 bits per heavy atom. The fourth-order valence-electron chi connectivity index (χ4n) is 2.27. The van der Waals surface area contributed by atoms with Crippen LogP contribution in [0, 0.1) is 0 Å². The van der Waals surface area contributed by atoms with Gasteiger partial charge in [0, 0.05) is 12.1 Å². The molecule has 1 fully saturated rings. The average molecular weight is 242 g/mol. The second-order valence-corrected chi connectivity index (χ2v) is 5.70. The van der Waals surface area contributed by atoms with Crippen LogP contribution < -0.4 is 10.6 Å². The van der Waals surface area contributed by atoms with E-state index in [1.54, 1.807) is 0 Å². The zero-order valence-electron chi connectivity index (χ0n) is 11.5. The number of alkyl carbamates (subject to hydrolysis) is 1. The molecule has 1 rings (SSSR count). The van der Waals surface area contributed by atoms with Crippen LogP contribution in [0.25, 0.3) is 0 Å². The average Bonchev–Trinajstić information content (AvgIpc) is 2.18. The summed E-state index contributed by atoms with van der Waals surface area (Å²) in [6, 6.07) is 0.597. The first kappa shape index (κ1) is 14.3. The van der Waals surface area contributed by atoms with Crippen molar-refractivity contribution in [2.24, 2.45) is 0 Å². The molecule has 1 saturated carbocycles. The lowest BCUT2D eigenvalue weighted by Crippen LogP contribution is -2.52. The highest BCUT2D eigenvalue weighted by molar-refractivity contribution is 5.68. The van der Waals surface area contributed by atoms with Gasteiger partial charge in [-0.1, -0.05) is 19.8 Å².